The van der Waals surface area contributed by atoms with Crippen molar-refractivity contribution in [2.24, 2.45) is 0 Å². The number of pyridine rings is 1. The third kappa shape index (κ3) is 3.43. The average molecular weight is 233 g/mol. The quantitative estimate of drug-likeness (QED) is 0.847. The molecule has 3 heteroatoms. The molecule has 1 fully saturated rings. The monoisotopic (exact) mass is 233 g/mol. The lowest BCUT2D eigenvalue weighted by atomic mass is 10.2. The fourth-order valence-electron chi connectivity index (χ4n) is 2.38. The molecular weight excluding hydrogens is 210 g/mol. The van der Waals surface area contributed by atoms with Crippen molar-refractivity contribution >= 4 is 5.69 Å². The summed E-state index contributed by atoms with van der Waals surface area (Å²) >= 11 is 0. The second kappa shape index (κ2) is 6.01. The van der Waals surface area contributed by atoms with E-state index in [4.69, 9.17) is 0 Å². The number of hydrogen-bond donors (Lipinski definition) is 1. The number of aromatic nitrogens is 1. The molecule has 3 nitrogen and oxygen atoms in total. The van der Waals surface area contributed by atoms with Crippen LogP contribution in [-0.4, -0.2) is 29.0 Å². The minimum absolute atomic E-state index is 0.712. The lowest BCUT2D eigenvalue weighted by Crippen LogP contribution is -2.26. The molecule has 1 unspecified atom stereocenters. The molecule has 1 aromatic rings. The summed E-state index contributed by atoms with van der Waals surface area (Å²) in [4.78, 5) is 6.98. The minimum Gasteiger partial charge on any atom is -0.385 e. The van der Waals surface area contributed by atoms with Gasteiger partial charge in [0.05, 0.1) is 5.69 Å². The lowest BCUT2D eigenvalue weighted by molar-refractivity contribution is 0.257. The Morgan fingerprint density at radius 1 is 1.53 bits per heavy atom. The van der Waals surface area contributed by atoms with Crippen molar-refractivity contribution in [3.63, 3.8) is 0 Å². The molecule has 0 radical (unpaired) electrons. The first-order chi connectivity index (χ1) is 8.29. The number of anilines is 1. The van der Waals surface area contributed by atoms with Crippen LogP contribution in [0.3, 0.4) is 0 Å². The standard InChI is InChI=1S/C14H23N3/c1-3-7-15-13-6-8-16-14(10-13)11-17-9-4-5-12(17)2/h6,8,10,12H,3-5,7,9,11H2,1-2H3,(H,15,16). The van der Waals surface area contributed by atoms with Crippen LogP contribution in [0, 0.1) is 0 Å². The van der Waals surface area contributed by atoms with Crippen LogP contribution in [0.5, 0.6) is 0 Å². The first-order valence-corrected chi connectivity index (χ1v) is 6.72. The van der Waals surface area contributed by atoms with Gasteiger partial charge in [0.2, 0.25) is 0 Å². The molecule has 1 aromatic heterocycles. The van der Waals surface area contributed by atoms with Gasteiger partial charge < -0.3 is 5.32 Å². The van der Waals surface area contributed by atoms with E-state index < -0.39 is 0 Å². The molecule has 0 aliphatic carbocycles. The van der Waals surface area contributed by atoms with E-state index >= 15 is 0 Å². The van der Waals surface area contributed by atoms with Gasteiger partial charge in [-0.2, -0.15) is 0 Å². The summed E-state index contributed by atoms with van der Waals surface area (Å²) in [5.41, 5.74) is 2.38. The van der Waals surface area contributed by atoms with Gasteiger partial charge in [-0.1, -0.05) is 6.92 Å². The third-order valence-electron chi connectivity index (χ3n) is 3.45. The first-order valence-electron chi connectivity index (χ1n) is 6.72. The summed E-state index contributed by atoms with van der Waals surface area (Å²) in [6.07, 6.45) is 5.72. The van der Waals surface area contributed by atoms with Crippen molar-refractivity contribution in [1.29, 1.82) is 0 Å². The van der Waals surface area contributed by atoms with Crippen LogP contribution in [0.25, 0.3) is 0 Å². The van der Waals surface area contributed by atoms with Gasteiger partial charge in [-0.3, -0.25) is 9.88 Å². The zero-order valence-corrected chi connectivity index (χ0v) is 10.9. The molecule has 0 amide bonds. The topological polar surface area (TPSA) is 28.2 Å². The fourth-order valence-corrected chi connectivity index (χ4v) is 2.38. The van der Waals surface area contributed by atoms with Crippen LogP contribution >= 0.6 is 0 Å². The highest BCUT2D eigenvalue weighted by Crippen LogP contribution is 2.19. The van der Waals surface area contributed by atoms with E-state index in [0.717, 1.165) is 19.5 Å². The van der Waals surface area contributed by atoms with Crippen LogP contribution in [0.2, 0.25) is 0 Å². The molecule has 2 rings (SSSR count). The van der Waals surface area contributed by atoms with Crippen LogP contribution < -0.4 is 5.32 Å². The van der Waals surface area contributed by atoms with E-state index in [1.165, 1.54) is 30.8 Å². The molecule has 1 saturated heterocycles. The van der Waals surface area contributed by atoms with Gasteiger partial charge in [-0.15, -0.1) is 0 Å². The van der Waals surface area contributed by atoms with Gasteiger partial charge in [-0.25, -0.2) is 0 Å². The van der Waals surface area contributed by atoms with Crippen molar-refractivity contribution < 1.29 is 0 Å². The highest BCUT2D eigenvalue weighted by atomic mass is 15.2. The predicted octanol–water partition coefficient (Wildman–Crippen LogP) is 2.89. The number of hydrogen-bond acceptors (Lipinski definition) is 3. The Labute approximate surface area is 104 Å². The lowest BCUT2D eigenvalue weighted by Gasteiger charge is -2.20. The minimum atomic E-state index is 0.712. The second-order valence-corrected chi connectivity index (χ2v) is 4.92. The van der Waals surface area contributed by atoms with Gasteiger partial charge >= 0.3 is 0 Å². The molecular formula is C14H23N3. The summed E-state index contributed by atoms with van der Waals surface area (Å²) in [5.74, 6) is 0. The maximum Gasteiger partial charge on any atom is 0.0564 e. The molecule has 2 heterocycles. The second-order valence-electron chi connectivity index (χ2n) is 4.92. The zero-order valence-electron chi connectivity index (χ0n) is 10.9. The van der Waals surface area contributed by atoms with E-state index in [1.54, 1.807) is 0 Å². The Balaban J connectivity index is 1.95. The fraction of sp³-hybridized carbons (Fsp3) is 0.643. The molecule has 17 heavy (non-hydrogen) atoms. The zero-order chi connectivity index (χ0) is 12.1. The highest BCUT2D eigenvalue weighted by molar-refractivity contribution is 5.43. The van der Waals surface area contributed by atoms with Crippen molar-refractivity contribution in [3.05, 3.63) is 24.0 Å². The number of likely N-dealkylation sites (tertiary alicyclic amines) is 1. The predicted molar refractivity (Wildman–Crippen MR) is 72.1 cm³/mol. The van der Waals surface area contributed by atoms with E-state index in [1.807, 2.05) is 12.3 Å². The maximum absolute atomic E-state index is 4.46. The van der Waals surface area contributed by atoms with Crippen molar-refractivity contribution in [1.82, 2.24) is 9.88 Å². The van der Waals surface area contributed by atoms with Gasteiger partial charge in [0.1, 0.15) is 0 Å². The summed E-state index contributed by atoms with van der Waals surface area (Å²) in [6, 6.07) is 4.94. The number of rotatable bonds is 5. The van der Waals surface area contributed by atoms with Crippen LogP contribution in [0.15, 0.2) is 18.3 Å². The van der Waals surface area contributed by atoms with Crippen LogP contribution in [0.4, 0.5) is 5.69 Å². The normalized spacial score (nSPS) is 20.7. The molecule has 1 aliphatic heterocycles. The molecule has 0 bridgehead atoms. The van der Waals surface area contributed by atoms with E-state index in [0.29, 0.717) is 6.04 Å². The summed E-state index contributed by atoms with van der Waals surface area (Å²) in [6.45, 7) is 7.73. The van der Waals surface area contributed by atoms with Crippen LogP contribution in [0.1, 0.15) is 38.8 Å². The SMILES string of the molecule is CCCNc1ccnc(CN2CCCC2C)c1. The number of nitrogens with zero attached hydrogens (tertiary/aromatic N) is 2. The molecule has 0 saturated carbocycles. The summed E-state index contributed by atoms with van der Waals surface area (Å²) < 4.78 is 0. The molecule has 94 valence electrons. The van der Waals surface area contributed by atoms with Crippen LogP contribution in [-0.2, 0) is 6.54 Å². The highest BCUT2D eigenvalue weighted by Gasteiger charge is 2.20. The largest absolute Gasteiger partial charge is 0.385 e. The van der Waals surface area contributed by atoms with Crippen molar-refractivity contribution in [2.45, 2.75) is 45.7 Å². The Kier molecular flexibility index (Phi) is 4.37. The average Bonchev–Trinajstić information content (AvgIpc) is 2.73. The Hall–Kier alpha value is -1.09. The molecule has 1 atom stereocenters. The summed E-state index contributed by atoms with van der Waals surface area (Å²) in [5, 5.41) is 3.41. The van der Waals surface area contributed by atoms with Gasteiger partial charge in [0, 0.05) is 31.0 Å². The molecule has 0 spiro atoms. The molecule has 0 aromatic carbocycles. The summed E-state index contributed by atoms with van der Waals surface area (Å²) in [7, 11) is 0. The number of nitrogens with one attached hydrogen (secondary N) is 1. The van der Waals surface area contributed by atoms with E-state index in [-0.39, 0.29) is 0 Å². The van der Waals surface area contributed by atoms with Crippen molar-refractivity contribution in [2.75, 3.05) is 18.4 Å². The maximum atomic E-state index is 4.46. The van der Waals surface area contributed by atoms with Gasteiger partial charge in [-0.05, 0) is 44.9 Å². The van der Waals surface area contributed by atoms with Gasteiger partial charge in [0.15, 0.2) is 0 Å². The van der Waals surface area contributed by atoms with Gasteiger partial charge in [0.25, 0.3) is 0 Å². The Bertz CT molecular complexity index is 351. The molecule has 1 aliphatic rings. The Morgan fingerprint density at radius 3 is 3.12 bits per heavy atom. The third-order valence-corrected chi connectivity index (χ3v) is 3.45. The first kappa shape index (κ1) is 12.4. The van der Waals surface area contributed by atoms with E-state index in [9.17, 15) is 0 Å². The smallest absolute Gasteiger partial charge is 0.0564 e. The Morgan fingerprint density at radius 2 is 2.41 bits per heavy atom. The molecule has 1 N–H and O–H groups in total. The van der Waals surface area contributed by atoms with Crippen molar-refractivity contribution in [3.8, 4) is 0 Å². The van der Waals surface area contributed by atoms with E-state index in [2.05, 4.69) is 35.1 Å².